The molecule has 0 aromatic carbocycles. The number of hydrogen-bond donors (Lipinski definition) is 0. The van der Waals surface area contributed by atoms with E-state index in [0.717, 1.165) is 0 Å². The number of alkyl halides is 1. The highest BCUT2D eigenvalue weighted by atomic mass is 35.5. The Morgan fingerprint density at radius 2 is 1.85 bits per heavy atom. The van der Waals surface area contributed by atoms with Crippen molar-refractivity contribution in [2.24, 2.45) is 0 Å². The Balaban J connectivity index is 2.97. The van der Waals surface area contributed by atoms with E-state index in [4.69, 9.17) is 11.6 Å². The molecule has 0 aromatic rings. The van der Waals surface area contributed by atoms with Crippen molar-refractivity contribution < 1.29 is 0 Å². The van der Waals surface area contributed by atoms with Crippen LogP contribution in [-0.4, -0.2) is 16.9 Å². The van der Waals surface area contributed by atoms with Crippen LogP contribution in [0.5, 0.6) is 0 Å². The summed E-state index contributed by atoms with van der Waals surface area (Å²) in [6.45, 7) is 4.42. The zero-order valence-corrected chi connectivity index (χ0v) is 10.6. The predicted octanol–water partition coefficient (Wildman–Crippen LogP) is 4.71. The fourth-order valence-corrected chi connectivity index (χ4v) is 2.42. The van der Waals surface area contributed by atoms with Crippen molar-refractivity contribution in [1.82, 2.24) is 0 Å². The summed E-state index contributed by atoms with van der Waals surface area (Å²) >= 11 is 8.16. The average Bonchev–Trinajstić information content (AvgIpc) is 2.11. The van der Waals surface area contributed by atoms with Gasteiger partial charge in [0.25, 0.3) is 0 Å². The number of thioether (sulfide) groups is 1. The first kappa shape index (κ1) is 13.6. The Hall–Kier alpha value is 0.640. The first-order valence-corrected chi connectivity index (χ1v) is 7.12. The third-order valence-corrected chi connectivity index (χ3v) is 3.53. The maximum Gasteiger partial charge on any atom is 0.0336 e. The van der Waals surface area contributed by atoms with E-state index in [-0.39, 0.29) is 0 Å². The van der Waals surface area contributed by atoms with Crippen LogP contribution < -0.4 is 0 Å². The molecule has 0 aliphatic heterocycles. The second-order valence-electron chi connectivity index (χ2n) is 3.43. The molecular formula is C11H23ClS. The zero-order chi connectivity index (χ0) is 9.94. The number of rotatable bonds is 9. The second kappa shape index (κ2) is 10.7. The number of unbranched alkanes of at least 4 members (excludes halogenated alkanes) is 2. The van der Waals surface area contributed by atoms with E-state index >= 15 is 0 Å². The van der Waals surface area contributed by atoms with E-state index in [9.17, 15) is 0 Å². The molecule has 1 unspecified atom stereocenters. The second-order valence-corrected chi connectivity index (χ2v) is 5.44. The van der Waals surface area contributed by atoms with Gasteiger partial charge in [0.2, 0.25) is 0 Å². The van der Waals surface area contributed by atoms with Gasteiger partial charge in [-0.05, 0) is 30.8 Å². The topological polar surface area (TPSA) is 0 Å². The van der Waals surface area contributed by atoms with Crippen LogP contribution in [0.2, 0.25) is 0 Å². The molecule has 0 spiro atoms. The quantitative estimate of drug-likeness (QED) is 0.402. The van der Waals surface area contributed by atoms with Gasteiger partial charge in [-0.15, -0.1) is 11.6 Å². The highest BCUT2D eigenvalue weighted by Crippen LogP contribution is 2.15. The molecule has 80 valence electrons. The van der Waals surface area contributed by atoms with E-state index in [1.54, 1.807) is 0 Å². The minimum absolute atomic E-state index is 0.434. The Morgan fingerprint density at radius 3 is 2.46 bits per heavy atom. The first-order chi connectivity index (χ1) is 6.31. The average molecular weight is 223 g/mol. The molecule has 2 heteroatoms. The predicted molar refractivity (Wildman–Crippen MR) is 66.0 cm³/mol. The van der Waals surface area contributed by atoms with Crippen molar-refractivity contribution in [2.75, 3.05) is 11.5 Å². The van der Waals surface area contributed by atoms with E-state index in [1.807, 2.05) is 11.8 Å². The molecule has 0 nitrogen and oxygen atoms in total. The fourth-order valence-electron chi connectivity index (χ4n) is 1.35. The lowest BCUT2D eigenvalue weighted by molar-refractivity contribution is 0.610. The smallest absolute Gasteiger partial charge is 0.0336 e. The van der Waals surface area contributed by atoms with Crippen molar-refractivity contribution in [1.29, 1.82) is 0 Å². The summed E-state index contributed by atoms with van der Waals surface area (Å²) in [6, 6.07) is 0. The molecule has 0 rings (SSSR count). The van der Waals surface area contributed by atoms with Crippen molar-refractivity contribution in [2.45, 2.75) is 57.7 Å². The van der Waals surface area contributed by atoms with E-state index in [2.05, 4.69) is 13.8 Å². The fraction of sp³-hybridized carbons (Fsp3) is 1.00. The Kier molecular flexibility index (Phi) is 11.2. The lowest BCUT2D eigenvalue weighted by atomic mass is 10.1. The number of halogens is 1. The highest BCUT2D eigenvalue weighted by Gasteiger charge is 2.01. The Morgan fingerprint density at radius 1 is 1.08 bits per heavy atom. The Bertz CT molecular complexity index is 96.1. The maximum atomic E-state index is 6.12. The summed E-state index contributed by atoms with van der Waals surface area (Å²) in [7, 11) is 0. The summed E-state index contributed by atoms with van der Waals surface area (Å²) in [5.74, 6) is 2.59. The van der Waals surface area contributed by atoms with E-state index < -0.39 is 0 Å². The van der Waals surface area contributed by atoms with Crippen molar-refractivity contribution in [3.05, 3.63) is 0 Å². The molecule has 0 saturated heterocycles. The normalized spacial score (nSPS) is 13.2. The third-order valence-electron chi connectivity index (χ3n) is 2.11. The lowest BCUT2D eigenvalue weighted by Crippen LogP contribution is -1.97. The number of hydrogen-bond acceptors (Lipinski definition) is 1. The Labute approximate surface area is 92.8 Å². The van der Waals surface area contributed by atoms with Gasteiger partial charge in [0.15, 0.2) is 0 Å². The maximum absolute atomic E-state index is 6.12. The molecule has 0 aliphatic carbocycles. The van der Waals surface area contributed by atoms with Crippen molar-refractivity contribution in [3.8, 4) is 0 Å². The van der Waals surface area contributed by atoms with Gasteiger partial charge in [0.05, 0.1) is 0 Å². The molecule has 0 amide bonds. The summed E-state index contributed by atoms with van der Waals surface area (Å²) in [5, 5.41) is 0.434. The highest BCUT2D eigenvalue weighted by molar-refractivity contribution is 7.99. The van der Waals surface area contributed by atoms with Gasteiger partial charge in [0.1, 0.15) is 0 Å². The largest absolute Gasteiger partial charge is 0.162 e. The molecule has 0 aliphatic rings. The molecule has 0 fully saturated rings. The molecule has 0 bridgehead atoms. The van der Waals surface area contributed by atoms with Crippen LogP contribution in [0.4, 0.5) is 0 Å². The van der Waals surface area contributed by atoms with Gasteiger partial charge in [-0.1, -0.05) is 33.1 Å². The lowest BCUT2D eigenvalue weighted by Gasteiger charge is -2.06. The van der Waals surface area contributed by atoms with Gasteiger partial charge in [0, 0.05) is 5.38 Å². The summed E-state index contributed by atoms with van der Waals surface area (Å²) < 4.78 is 0. The minimum Gasteiger partial charge on any atom is -0.162 e. The van der Waals surface area contributed by atoms with Crippen LogP contribution >= 0.6 is 23.4 Å². The van der Waals surface area contributed by atoms with Crippen molar-refractivity contribution >= 4 is 23.4 Å². The van der Waals surface area contributed by atoms with Gasteiger partial charge in [-0.25, -0.2) is 0 Å². The summed E-state index contributed by atoms with van der Waals surface area (Å²) in [5.41, 5.74) is 0. The van der Waals surface area contributed by atoms with E-state index in [1.165, 1.54) is 50.0 Å². The van der Waals surface area contributed by atoms with Crippen LogP contribution in [-0.2, 0) is 0 Å². The molecule has 0 N–H and O–H groups in total. The van der Waals surface area contributed by atoms with Crippen LogP contribution in [0.15, 0.2) is 0 Å². The molecule has 0 radical (unpaired) electrons. The minimum atomic E-state index is 0.434. The molecular weight excluding hydrogens is 200 g/mol. The van der Waals surface area contributed by atoms with Crippen LogP contribution in [0.25, 0.3) is 0 Å². The third kappa shape index (κ3) is 10.6. The SMILES string of the molecule is CCCC(Cl)CCCCCSCC. The zero-order valence-electron chi connectivity index (χ0n) is 9.02. The van der Waals surface area contributed by atoms with Gasteiger partial charge >= 0.3 is 0 Å². The molecule has 0 heterocycles. The summed E-state index contributed by atoms with van der Waals surface area (Å²) in [6.07, 6.45) is 7.67. The van der Waals surface area contributed by atoms with Crippen LogP contribution in [0.1, 0.15) is 52.4 Å². The van der Waals surface area contributed by atoms with Gasteiger partial charge < -0.3 is 0 Å². The van der Waals surface area contributed by atoms with Crippen molar-refractivity contribution in [3.63, 3.8) is 0 Å². The van der Waals surface area contributed by atoms with Crippen LogP contribution in [0, 0.1) is 0 Å². The standard InChI is InChI=1S/C11H23ClS/c1-3-8-11(12)9-6-5-7-10-13-4-2/h11H,3-10H2,1-2H3. The first-order valence-electron chi connectivity index (χ1n) is 5.53. The molecule has 13 heavy (non-hydrogen) atoms. The molecule has 0 aromatic heterocycles. The van der Waals surface area contributed by atoms with Gasteiger partial charge in [-0.3, -0.25) is 0 Å². The molecule has 1 atom stereocenters. The van der Waals surface area contributed by atoms with Crippen LogP contribution in [0.3, 0.4) is 0 Å². The summed E-state index contributed by atoms with van der Waals surface area (Å²) in [4.78, 5) is 0. The molecule has 0 saturated carbocycles. The van der Waals surface area contributed by atoms with Gasteiger partial charge in [-0.2, -0.15) is 11.8 Å². The van der Waals surface area contributed by atoms with E-state index in [0.29, 0.717) is 5.38 Å². The monoisotopic (exact) mass is 222 g/mol.